The van der Waals surface area contributed by atoms with E-state index in [0.717, 1.165) is 30.8 Å². The average molecular weight is 556 g/mol. The Bertz CT molecular complexity index is 1370. The Balaban J connectivity index is 1.15. The van der Waals surface area contributed by atoms with Crippen molar-refractivity contribution in [2.45, 2.75) is 57.3 Å². The lowest BCUT2D eigenvalue weighted by molar-refractivity contribution is -0.141. The molecule has 8 nitrogen and oxygen atoms in total. The fourth-order valence-electron chi connectivity index (χ4n) is 5.83. The Labute approximate surface area is 241 Å². The SMILES string of the molecule is COC(=O)CCC(C(N)=O)N1Cc2c(OCc3ccc(CN4CCC(c5ccccc5)CC4)cc3)cccc2C1=O. The zero-order chi connectivity index (χ0) is 28.8. The van der Waals surface area contributed by atoms with Gasteiger partial charge in [-0.1, -0.05) is 60.7 Å². The molecule has 41 heavy (non-hydrogen) atoms. The predicted octanol–water partition coefficient (Wildman–Crippen LogP) is 4.41. The van der Waals surface area contributed by atoms with E-state index in [2.05, 4.69) is 64.2 Å². The third-order valence-electron chi connectivity index (χ3n) is 8.19. The van der Waals surface area contributed by atoms with Crippen LogP contribution in [-0.2, 0) is 34.0 Å². The van der Waals surface area contributed by atoms with E-state index in [1.54, 1.807) is 12.1 Å². The summed E-state index contributed by atoms with van der Waals surface area (Å²) in [4.78, 5) is 40.8. The monoisotopic (exact) mass is 555 g/mol. The first kappa shape index (κ1) is 28.4. The molecule has 2 aliphatic rings. The summed E-state index contributed by atoms with van der Waals surface area (Å²) in [7, 11) is 1.28. The fraction of sp³-hybridized carbons (Fsp3) is 0.364. The molecule has 2 heterocycles. The average Bonchev–Trinajstić information content (AvgIpc) is 3.33. The molecule has 2 aliphatic heterocycles. The van der Waals surface area contributed by atoms with Gasteiger partial charge < -0.3 is 20.1 Å². The van der Waals surface area contributed by atoms with Gasteiger partial charge in [-0.25, -0.2) is 0 Å². The molecular formula is C33H37N3O5. The smallest absolute Gasteiger partial charge is 0.305 e. The summed E-state index contributed by atoms with van der Waals surface area (Å²) in [5, 5.41) is 0. The van der Waals surface area contributed by atoms with E-state index in [-0.39, 0.29) is 25.3 Å². The van der Waals surface area contributed by atoms with Crippen molar-refractivity contribution in [2.24, 2.45) is 5.73 Å². The fourth-order valence-corrected chi connectivity index (χ4v) is 5.83. The predicted molar refractivity (Wildman–Crippen MR) is 155 cm³/mol. The van der Waals surface area contributed by atoms with Crippen LogP contribution in [0.4, 0.5) is 0 Å². The van der Waals surface area contributed by atoms with Gasteiger partial charge in [-0.3, -0.25) is 19.3 Å². The molecule has 3 aromatic rings. The molecule has 1 atom stereocenters. The Morgan fingerprint density at radius 3 is 2.34 bits per heavy atom. The number of carbonyl (C=O) groups excluding carboxylic acids is 3. The van der Waals surface area contributed by atoms with E-state index in [1.807, 2.05) is 6.07 Å². The minimum atomic E-state index is -0.904. The molecule has 0 bridgehead atoms. The van der Waals surface area contributed by atoms with Crippen LogP contribution in [0.25, 0.3) is 0 Å². The van der Waals surface area contributed by atoms with Gasteiger partial charge in [-0.2, -0.15) is 0 Å². The van der Waals surface area contributed by atoms with E-state index >= 15 is 0 Å². The number of rotatable bonds is 11. The number of benzene rings is 3. The summed E-state index contributed by atoms with van der Waals surface area (Å²) in [5.41, 5.74) is 10.6. The molecule has 1 saturated heterocycles. The Kier molecular flexibility index (Phi) is 8.99. The molecular weight excluding hydrogens is 518 g/mol. The molecule has 214 valence electrons. The van der Waals surface area contributed by atoms with Gasteiger partial charge in [-0.05, 0) is 67.1 Å². The molecule has 0 aromatic heterocycles. The lowest BCUT2D eigenvalue weighted by Crippen LogP contribution is -2.45. The maximum absolute atomic E-state index is 13.1. The lowest BCUT2D eigenvalue weighted by Gasteiger charge is -2.32. The van der Waals surface area contributed by atoms with E-state index in [1.165, 1.54) is 36.0 Å². The largest absolute Gasteiger partial charge is 0.489 e. The number of hydrogen-bond donors (Lipinski definition) is 1. The van der Waals surface area contributed by atoms with Crippen molar-refractivity contribution >= 4 is 17.8 Å². The Morgan fingerprint density at radius 2 is 1.66 bits per heavy atom. The second-order valence-corrected chi connectivity index (χ2v) is 10.8. The first-order chi connectivity index (χ1) is 19.9. The number of ether oxygens (including phenoxy) is 2. The van der Waals surface area contributed by atoms with Crippen molar-refractivity contribution in [3.63, 3.8) is 0 Å². The topological polar surface area (TPSA) is 102 Å². The first-order valence-corrected chi connectivity index (χ1v) is 14.2. The summed E-state index contributed by atoms with van der Waals surface area (Å²) in [6, 6.07) is 23.7. The number of likely N-dealkylation sites (tertiary alicyclic amines) is 1. The number of nitrogens with two attached hydrogens (primary N) is 1. The van der Waals surface area contributed by atoms with Crippen LogP contribution < -0.4 is 10.5 Å². The maximum atomic E-state index is 13.1. The molecule has 0 radical (unpaired) electrons. The number of carbonyl (C=O) groups is 3. The molecule has 1 fully saturated rings. The lowest BCUT2D eigenvalue weighted by atomic mass is 9.89. The van der Waals surface area contributed by atoms with Gasteiger partial charge in [0.2, 0.25) is 5.91 Å². The summed E-state index contributed by atoms with van der Waals surface area (Å²) >= 11 is 0. The van der Waals surface area contributed by atoms with Crippen LogP contribution >= 0.6 is 0 Å². The normalized spacial score (nSPS) is 16.3. The molecule has 2 N–H and O–H groups in total. The standard InChI is InChI=1S/C33H37N3O5/c1-40-31(37)15-14-29(32(34)38)36-21-28-27(33(36)39)8-5-9-30(28)41-22-24-12-10-23(11-13-24)20-35-18-16-26(17-19-35)25-6-3-2-4-7-25/h2-13,26,29H,14-22H2,1H3,(H2,34,38). The van der Waals surface area contributed by atoms with Crippen molar-refractivity contribution in [3.05, 3.63) is 101 Å². The Hall–Kier alpha value is -4.17. The molecule has 3 aromatic carbocycles. The third-order valence-corrected chi connectivity index (χ3v) is 8.19. The van der Waals surface area contributed by atoms with Gasteiger partial charge in [0.1, 0.15) is 18.4 Å². The summed E-state index contributed by atoms with van der Waals surface area (Å²) in [5.74, 6) is -0.159. The second-order valence-electron chi connectivity index (χ2n) is 10.8. The molecule has 0 aliphatic carbocycles. The van der Waals surface area contributed by atoms with Crippen molar-refractivity contribution in [1.29, 1.82) is 0 Å². The number of nitrogens with zero attached hydrogens (tertiary/aromatic N) is 2. The summed E-state index contributed by atoms with van der Waals surface area (Å²) < 4.78 is 10.8. The number of amides is 2. The van der Waals surface area contributed by atoms with Crippen LogP contribution in [0.15, 0.2) is 72.8 Å². The quantitative estimate of drug-likeness (QED) is 0.352. The minimum absolute atomic E-state index is 0.00441. The summed E-state index contributed by atoms with van der Waals surface area (Å²) in [6.07, 6.45) is 2.47. The first-order valence-electron chi connectivity index (χ1n) is 14.2. The molecule has 0 spiro atoms. The second kappa shape index (κ2) is 13.0. The van der Waals surface area contributed by atoms with Crippen LogP contribution in [0.5, 0.6) is 5.75 Å². The molecule has 5 rings (SSSR count). The van der Waals surface area contributed by atoms with Crippen molar-refractivity contribution in [3.8, 4) is 5.75 Å². The molecule has 2 amide bonds. The summed E-state index contributed by atoms with van der Waals surface area (Å²) in [6.45, 7) is 3.68. The van der Waals surface area contributed by atoms with Crippen molar-refractivity contribution < 1.29 is 23.9 Å². The number of hydrogen-bond acceptors (Lipinski definition) is 6. The van der Waals surface area contributed by atoms with Crippen LogP contribution in [-0.4, -0.2) is 53.8 Å². The Morgan fingerprint density at radius 1 is 0.951 bits per heavy atom. The van der Waals surface area contributed by atoms with E-state index in [9.17, 15) is 14.4 Å². The maximum Gasteiger partial charge on any atom is 0.305 e. The number of methoxy groups -OCH3 is 1. The zero-order valence-electron chi connectivity index (χ0n) is 23.5. The van der Waals surface area contributed by atoms with Gasteiger partial charge in [0.25, 0.3) is 5.91 Å². The van der Waals surface area contributed by atoms with Crippen molar-refractivity contribution in [1.82, 2.24) is 9.80 Å². The number of primary amides is 1. The molecule has 0 saturated carbocycles. The highest BCUT2D eigenvalue weighted by Gasteiger charge is 2.37. The van der Waals surface area contributed by atoms with Gasteiger partial charge in [0, 0.05) is 24.1 Å². The van der Waals surface area contributed by atoms with Gasteiger partial charge in [0.05, 0.1) is 13.7 Å². The van der Waals surface area contributed by atoms with Gasteiger partial charge in [0.15, 0.2) is 0 Å². The zero-order valence-corrected chi connectivity index (χ0v) is 23.5. The number of esters is 1. The van der Waals surface area contributed by atoms with Crippen LogP contribution in [0, 0.1) is 0 Å². The highest BCUT2D eigenvalue weighted by atomic mass is 16.5. The highest BCUT2D eigenvalue weighted by molar-refractivity contribution is 6.01. The van der Waals surface area contributed by atoms with Crippen LogP contribution in [0.2, 0.25) is 0 Å². The highest BCUT2D eigenvalue weighted by Crippen LogP contribution is 2.33. The van der Waals surface area contributed by atoms with Gasteiger partial charge >= 0.3 is 5.97 Å². The van der Waals surface area contributed by atoms with E-state index in [0.29, 0.717) is 23.8 Å². The third kappa shape index (κ3) is 6.77. The van der Waals surface area contributed by atoms with E-state index in [4.69, 9.17) is 10.5 Å². The molecule has 1 unspecified atom stereocenters. The van der Waals surface area contributed by atoms with Crippen LogP contribution in [0.1, 0.15) is 64.2 Å². The van der Waals surface area contributed by atoms with Gasteiger partial charge in [-0.15, -0.1) is 0 Å². The van der Waals surface area contributed by atoms with Crippen LogP contribution in [0.3, 0.4) is 0 Å². The number of piperidine rings is 1. The van der Waals surface area contributed by atoms with Crippen molar-refractivity contribution in [2.75, 3.05) is 20.2 Å². The molecule has 8 heteroatoms. The number of fused-ring (bicyclic) bond motifs is 1. The minimum Gasteiger partial charge on any atom is -0.489 e. The van der Waals surface area contributed by atoms with E-state index < -0.39 is 17.9 Å².